The molecular weight excluding hydrogens is 329 g/mol. The van der Waals surface area contributed by atoms with Crippen LogP contribution in [0, 0.1) is 17.3 Å². The molecule has 23 heavy (non-hydrogen) atoms. The Hall–Kier alpha value is -0.730. The molecule has 0 saturated heterocycles. The van der Waals surface area contributed by atoms with Crippen LogP contribution in [0.15, 0.2) is 24.3 Å². The number of hydrogen-bond donors (Lipinski definition) is 1. The first-order valence-corrected chi connectivity index (χ1v) is 9.38. The monoisotopic (exact) mass is 351 g/mol. The molecule has 124 valence electrons. The van der Waals surface area contributed by atoms with Crippen LogP contribution in [0.5, 0.6) is 0 Å². The summed E-state index contributed by atoms with van der Waals surface area (Å²) >= 11 is 12.8. The maximum absolute atomic E-state index is 13.1. The van der Waals surface area contributed by atoms with Crippen molar-refractivity contribution in [2.45, 2.75) is 56.4 Å². The summed E-state index contributed by atoms with van der Waals surface area (Å²) in [7, 11) is 0. The van der Waals surface area contributed by atoms with E-state index in [-0.39, 0.29) is 22.2 Å². The second-order valence-corrected chi connectivity index (χ2v) is 9.38. The van der Waals surface area contributed by atoms with Gasteiger partial charge < -0.3 is 5.32 Å². The minimum absolute atomic E-state index is 0.000883. The number of carbonyl (C=O) groups is 1. The second kappa shape index (κ2) is 5.39. The van der Waals surface area contributed by atoms with Crippen molar-refractivity contribution in [3.8, 4) is 0 Å². The molecule has 3 atom stereocenters. The van der Waals surface area contributed by atoms with Gasteiger partial charge in [0.15, 0.2) is 0 Å². The van der Waals surface area contributed by atoms with E-state index < -0.39 is 0 Å². The van der Waals surface area contributed by atoms with Crippen LogP contribution in [-0.4, -0.2) is 10.8 Å². The predicted octanol–water partition coefficient (Wildman–Crippen LogP) is 5.10. The van der Waals surface area contributed by atoms with Crippen LogP contribution >= 0.6 is 23.2 Å². The van der Waals surface area contributed by atoms with Crippen LogP contribution in [0.4, 0.5) is 0 Å². The number of benzene rings is 1. The third kappa shape index (κ3) is 2.78. The number of rotatable bonds is 3. The fourth-order valence-corrected chi connectivity index (χ4v) is 6.42. The Labute approximate surface area is 147 Å². The van der Waals surface area contributed by atoms with E-state index in [1.54, 1.807) is 0 Å². The summed E-state index contributed by atoms with van der Waals surface area (Å²) in [4.78, 5) is 13.0. The van der Waals surface area contributed by atoms with Crippen LogP contribution in [-0.2, 0) is 4.79 Å². The largest absolute Gasteiger partial charge is 0.349 e. The van der Waals surface area contributed by atoms with Crippen molar-refractivity contribution in [2.24, 2.45) is 17.3 Å². The summed E-state index contributed by atoms with van der Waals surface area (Å²) in [5, 5.41) is 3.97. The minimum atomic E-state index is -0.230. The first-order valence-electron chi connectivity index (χ1n) is 8.63. The molecule has 1 N–H and O–H groups in total. The van der Waals surface area contributed by atoms with Crippen molar-refractivity contribution in [1.82, 2.24) is 5.32 Å². The van der Waals surface area contributed by atoms with E-state index in [9.17, 15) is 4.79 Å². The summed E-state index contributed by atoms with van der Waals surface area (Å²) in [5.74, 6) is 1.50. The van der Waals surface area contributed by atoms with Gasteiger partial charge in [0, 0.05) is 9.90 Å². The van der Waals surface area contributed by atoms with Gasteiger partial charge in [-0.1, -0.05) is 23.7 Å². The molecule has 4 aliphatic rings. The maximum atomic E-state index is 13.1. The quantitative estimate of drug-likeness (QED) is 0.754. The molecule has 5 rings (SSSR count). The van der Waals surface area contributed by atoms with Crippen molar-refractivity contribution >= 4 is 29.1 Å². The number of halogens is 2. The van der Waals surface area contributed by atoms with Crippen molar-refractivity contribution in [1.29, 1.82) is 0 Å². The molecule has 0 radical (unpaired) electrons. The molecule has 1 aromatic carbocycles. The Morgan fingerprint density at radius 2 is 1.78 bits per heavy atom. The molecule has 1 amide bonds. The van der Waals surface area contributed by atoms with E-state index in [2.05, 4.69) is 5.32 Å². The molecule has 0 aliphatic heterocycles. The van der Waals surface area contributed by atoms with E-state index in [4.69, 9.17) is 23.2 Å². The Kier molecular flexibility index (Phi) is 3.70. The third-order valence-electron chi connectivity index (χ3n) is 6.19. The lowest BCUT2D eigenvalue weighted by Gasteiger charge is -2.59. The SMILES string of the molecule is C[C@@H](NC(=O)C12C[C@H]3C[C@@H](CC(Cl)(C3)C1)C2)c1ccc(Cl)cc1. The zero-order valence-electron chi connectivity index (χ0n) is 13.4. The highest BCUT2D eigenvalue weighted by molar-refractivity contribution is 6.30. The number of amides is 1. The van der Waals surface area contributed by atoms with E-state index in [0.717, 1.165) is 42.7 Å². The molecular formula is C19H23Cl2NO. The van der Waals surface area contributed by atoms with Crippen molar-refractivity contribution < 1.29 is 4.79 Å². The number of nitrogens with one attached hydrogen (secondary N) is 1. The third-order valence-corrected chi connectivity index (χ3v) is 6.88. The van der Waals surface area contributed by atoms with E-state index in [1.165, 1.54) is 6.42 Å². The van der Waals surface area contributed by atoms with Gasteiger partial charge in [-0.3, -0.25) is 4.79 Å². The van der Waals surface area contributed by atoms with Gasteiger partial charge in [0.25, 0.3) is 0 Å². The Bertz CT molecular complexity index is 613. The van der Waals surface area contributed by atoms with Crippen molar-refractivity contribution in [3.63, 3.8) is 0 Å². The molecule has 1 aromatic rings. The zero-order chi connectivity index (χ0) is 16.2. The first kappa shape index (κ1) is 15.8. The number of alkyl halides is 1. The molecule has 0 spiro atoms. The summed E-state index contributed by atoms with van der Waals surface area (Å²) in [6.45, 7) is 2.04. The van der Waals surface area contributed by atoms with E-state index >= 15 is 0 Å². The highest BCUT2D eigenvalue weighted by Crippen LogP contribution is 2.63. The van der Waals surface area contributed by atoms with Gasteiger partial charge in [0.2, 0.25) is 5.91 Å². The maximum Gasteiger partial charge on any atom is 0.226 e. The molecule has 4 aliphatic carbocycles. The molecule has 0 aromatic heterocycles. The number of carbonyl (C=O) groups excluding carboxylic acids is 1. The van der Waals surface area contributed by atoms with Gasteiger partial charge in [-0.2, -0.15) is 0 Å². The van der Waals surface area contributed by atoms with Gasteiger partial charge in [-0.05, 0) is 75.0 Å². The zero-order valence-corrected chi connectivity index (χ0v) is 15.0. The average Bonchev–Trinajstić information content (AvgIpc) is 2.45. The predicted molar refractivity (Wildman–Crippen MR) is 93.7 cm³/mol. The fraction of sp³-hybridized carbons (Fsp3) is 0.632. The summed E-state index contributed by atoms with van der Waals surface area (Å²) in [6.07, 6.45) is 6.39. The van der Waals surface area contributed by atoms with Crippen molar-refractivity contribution in [3.05, 3.63) is 34.9 Å². The highest BCUT2D eigenvalue weighted by Gasteiger charge is 2.60. The lowest BCUT2D eigenvalue weighted by molar-refractivity contribution is -0.145. The van der Waals surface area contributed by atoms with Crippen LogP contribution < -0.4 is 5.32 Å². The molecule has 4 heteroatoms. The lowest BCUT2D eigenvalue weighted by Crippen LogP contribution is -2.58. The average molecular weight is 352 g/mol. The summed E-state index contributed by atoms with van der Waals surface area (Å²) < 4.78 is 0. The van der Waals surface area contributed by atoms with Crippen molar-refractivity contribution in [2.75, 3.05) is 0 Å². The van der Waals surface area contributed by atoms with Crippen LogP contribution in [0.25, 0.3) is 0 Å². The van der Waals surface area contributed by atoms with E-state index in [0.29, 0.717) is 11.8 Å². The van der Waals surface area contributed by atoms with Gasteiger partial charge >= 0.3 is 0 Å². The minimum Gasteiger partial charge on any atom is -0.349 e. The van der Waals surface area contributed by atoms with Gasteiger partial charge in [0.1, 0.15) is 0 Å². The first-order chi connectivity index (χ1) is 10.9. The number of hydrogen-bond acceptors (Lipinski definition) is 1. The normalized spacial score (nSPS) is 39.3. The highest BCUT2D eigenvalue weighted by atomic mass is 35.5. The standard InChI is InChI=1S/C19H23Cl2NO/c1-12(15-2-4-16(20)5-3-15)22-17(23)18-7-13-6-14(8-18)10-19(21,9-13)11-18/h2-5,12-14H,6-11H2,1H3,(H,22,23)/t12-,13-,14-,18?,19?/m1/s1. The molecule has 4 bridgehead atoms. The Balaban J connectivity index is 1.51. The Morgan fingerprint density at radius 3 is 2.35 bits per heavy atom. The molecule has 4 saturated carbocycles. The summed E-state index contributed by atoms with van der Waals surface area (Å²) in [6, 6.07) is 7.71. The molecule has 2 nitrogen and oxygen atoms in total. The van der Waals surface area contributed by atoms with Gasteiger partial charge in [-0.25, -0.2) is 0 Å². The topological polar surface area (TPSA) is 29.1 Å². The smallest absolute Gasteiger partial charge is 0.226 e. The van der Waals surface area contributed by atoms with Crippen LogP contribution in [0.3, 0.4) is 0 Å². The second-order valence-electron chi connectivity index (χ2n) is 8.14. The summed E-state index contributed by atoms with van der Waals surface area (Å²) in [5.41, 5.74) is 0.861. The molecule has 0 heterocycles. The van der Waals surface area contributed by atoms with Crippen LogP contribution in [0.2, 0.25) is 5.02 Å². The molecule has 0 unspecified atom stereocenters. The van der Waals surface area contributed by atoms with Gasteiger partial charge in [-0.15, -0.1) is 11.6 Å². The Morgan fingerprint density at radius 1 is 1.17 bits per heavy atom. The van der Waals surface area contributed by atoms with Gasteiger partial charge in [0.05, 0.1) is 11.5 Å². The van der Waals surface area contributed by atoms with E-state index in [1.807, 2.05) is 31.2 Å². The lowest BCUT2D eigenvalue weighted by atomic mass is 9.49. The fourth-order valence-electron chi connectivity index (χ4n) is 5.60. The molecule has 4 fully saturated rings. The van der Waals surface area contributed by atoms with Crippen LogP contribution in [0.1, 0.15) is 57.1 Å².